The van der Waals surface area contributed by atoms with Gasteiger partial charge in [0.2, 0.25) is 0 Å². The maximum Gasteiger partial charge on any atom is 0.255 e. The topological polar surface area (TPSA) is 78.9 Å². The molecule has 4 nitrogen and oxygen atoms in total. The highest BCUT2D eigenvalue weighted by molar-refractivity contribution is 14.1. The Bertz CT molecular complexity index is 677. The van der Waals surface area contributed by atoms with Crippen molar-refractivity contribution in [1.82, 2.24) is 0 Å². The van der Waals surface area contributed by atoms with E-state index < -0.39 is 0 Å². The number of nitrogen functional groups attached to an aromatic ring is 1. The van der Waals surface area contributed by atoms with E-state index in [0.29, 0.717) is 22.5 Å². The largest absolute Gasteiger partial charge is 0.398 e. The predicted octanol–water partition coefficient (Wildman–Crippen LogP) is 3.00. The van der Waals surface area contributed by atoms with Crippen molar-refractivity contribution in [1.29, 1.82) is 5.26 Å². The quantitative estimate of drug-likeness (QED) is 0.636. The van der Waals surface area contributed by atoms with Crippen LogP contribution in [0.2, 0.25) is 0 Å². The first-order valence-electron chi connectivity index (χ1n) is 5.46. The number of carbonyl (C=O) groups excluding carboxylic acids is 1. The highest BCUT2D eigenvalue weighted by atomic mass is 127. The number of benzene rings is 2. The van der Waals surface area contributed by atoms with Gasteiger partial charge in [-0.3, -0.25) is 4.79 Å². The number of nitrogens with one attached hydrogen (secondary N) is 1. The van der Waals surface area contributed by atoms with E-state index in [2.05, 4.69) is 27.9 Å². The van der Waals surface area contributed by atoms with E-state index in [0.717, 1.165) is 3.57 Å². The molecule has 0 aliphatic rings. The second-order valence-corrected chi connectivity index (χ2v) is 5.12. The third-order valence-electron chi connectivity index (χ3n) is 2.52. The lowest BCUT2D eigenvalue weighted by molar-refractivity contribution is 0.102. The molecule has 0 saturated heterocycles. The van der Waals surface area contributed by atoms with Gasteiger partial charge in [0.15, 0.2) is 0 Å². The minimum Gasteiger partial charge on any atom is -0.398 e. The van der Waals surface area contributed by atoms with Crippen LogP contribution in [0.25, 0.3) is 0 Å². The molecule has 0 aliphatic carbocycles. The summed E-state index contributed by atoms with van der Waals surface area (Å²) in [5.74, 6) is -0.265. The highest BCUT2D eigenvalue weighted by Gasteiger charge is 2.08. The summed E-state index contributed by atoms with van der Waals surface area (Å²) in [6.07, 6.45) is 0. The van der Waals surface area contributed by atoms with Crippen LogP contribution in [0.1, 0.15) is 15.9 Å². The average Bonchev–Trinajstić information content (AvgIpc) is 2.39. The van der Waals surface area contributed by atoms with E-state index >= 15 is 0 Å². The Morgan fingerprint density at radius 3 is 2.74 bits per heavy atom. The first-order chi connectivity index (χ1) is 9.10. The van der Waals surface area contributed by atoms with Gasteiger partial charge < -0.3 is 11.1 Å². The standard InChI is InChI=1S/C14H10IN3O/c15-11-2-1-3-12(7-11)18-14(19)9-4-5-13(17)10(6-9)8-16/h1-7H,17H2,(H,18,19). The zero-order valence-electron chi connectivity index (χ0n) is 9.85. The Morgan fingerprint density at radius 2 is 2.05 bits per heavy atom. The summed E-state index contributed by atoms with van der Waals surface area (Å²) in [4.78, 5) is 12.0. The molecule has 0 unspecified atom stereocenters. The van der Waals surface area contributed by atoms with Crippen LogP contribution in [-0.2, 0) is 0 Å². The molecule has 0 atom stereocenters. The predicted molar refractivity (Wildman–Crippen MR) is 82.7 cm³/mol. The van der Waals surface area contributed by atoms with Crippen molar-refractivity contribution in [3.05, 3.63) is 57.2 Å². The number of amides is 1. The van der Waals surface area contributed by atoms with E-state index in [4.69, 9.17) is 11.0 Å². The molecule has 0 aromatic heterocycles. The lowest BCUT2D eigenvalue weighted by Gasteiger charge is -2.06. The number of nitriles is 1. The zero-order valence-corrected chi connectivity index (χ0v) is 12.0. The second-order valence-electron chi connectivity index (χ2n) is 3.88. The van der Waals surface area contributed by atoms with Crippen LogP contribution in [0.4, 0.5) is 11.4 Å². The minimum absolute atomic E-state index is 0.265. The van der Waals surface area contributed by atoms with Gasteiger partial charge in [-0.05, 0) is 59.0 Å². The summed E-state index contributed by atoms with van der Waals surface area (Å²) in [6.45, 7) is 0. The highest BCUT2D eigenvalue weighted by Crippen LogP contribution is 2.16. The Balaban J connectivity index is 2.23. The molecule has 0 bridgehead atoms. The molecule has 0 fully saturated rings. The summed E-state index contributed by atoms with van der Waals surface area (Å²) in [5.41, 5.74) is 7.41. The number of halogens is 1. The number of nitrogens with two attached hydrogens (primary N) is 1. The fourth-order valence-corrected chi connectivity index (χ4v) is 2.11. The number of hydrogen-bond acceptors (Lipinski definition) is 3. The van der Waals surface area contributed by atoms with Crippen molar-refractivity contribution in [3.63, 3.8) is 0 Å². The fraction of sp³-hybridized carbons (Fsp3) is 0. The third-order valence-corrected chi connectivity index (χ3v) is 3.19. The number of hydrogen-bond donors (Lipinski definition) is 2. The summed E-state index contributed by atoms with van der Waals surface area (Å²) in [6, 6.07) is 14.1. The van der Waals surface area contributed by atoms with E-state index in [-0.39, 0.29) is 5.91 Å². The van der Waals surface area contributed by atoms with Crippen molar-refractivity contribution < 1.29 is 4.79 Å². The summed E-state index contributed by atoms with van der Waals surface area (Å²) >= 11 is 2.17. The van der Waals surface area contributed by atoms with Crippen molar-refractivity contribution in [2.24, 2.45) is 0 Å². The third kappa shape index (κ3) is 3.23. The SMILES string of the molecule is N#Cc1cc(C(=O)Nc2cccc(I)c2)ccc1N. The number of rotatable bonds is 2. The molecule has 0 radical (unpaired) electrons. The van der Waals surface area contributed by atoms with E-state index in [9.17, 15) is 4.79 Å². The normalized spacial score (nSPS) is 9.68. The summed E-state index contributed by atoms with van der Waals surface area (Å²) < 4.78 is 1.03. The number of carbonyl (C=O) groups is 1. The fourth-order valence-electron chi connectivity index (χ4n) is 1.56. The number of anilines is 2. The molecule has 19 heavy (non-hydrogen) atoms. The van der Waals surface area contributed by atoms with Gasteiger partial charge in [-0.1, -0.05) is 6.07 Å². The van der Waals surface area contributed by atoms with Gasteiger partial charge in [-0.2, -0.15) is 5.26 Å². The molecule has 0 spiro atoms. The summed E-state index contributed by atoms with van der Waals surface area (Å²) in [7, 11) is 0. The van der Waals surface area contributed by atoms with Crippen LogP contribution in [-0.4, -0.2) is 5.91 Å². The van der Waals surface area contributed by atoms with Gasteiger partial charge in [0.05, 0.1) is 5.56 Å². The van der Waals surface area contributed by atoms with Gasteiger partial charge in [0.1, 0.15) is 6.07 Å². The lowest BCUT2D eigenvalue weighted by atomic mass is 10.1. The second kappa shape index (κ2) is 5.71. The van der Waals surface area contributed by atoms with Crippen LogP contribution in [0.15, 0.2) is 42.5 Å². The molecule has 0 aliphatic heterocycles. The maximum atomic E-state index is 12.0. The monoisotopic (exact) mass is 363 g/mol. The van der Waals surface area contributed by atoms with Gasteiger partial charge in [-0.15, -0.1) is 0 Å². The Hall–Kier alpha value is -2.07. The minimum atomic E-state index is -0.265. The van der Waals surface area contributed by atoms with Gasteiger partial charge in [0, 0.05) is 20.5 Å². The molecule has 94 valence electrons. The molecule has 0 heterocycles. The van der Waals surface area contributed by atoms with Crippen LogP contribution in [0.5, 0.6) is 0 Å². The van der Waals surface area contributed by atoms with E-state index in [1.807, 2.05) is 30.3 Å². The Labute approximate surface area is 124 Å². The molecule has 2 aromatic carbocycles. The molecular weight excluding hydrogens is 353 g/mol. The molecular formula is C14H10IN3O. The van der Waals surface area contributed by atoms with E-state index in [1.165, 1.54) is 6.07 Å². The smallest absolute Gasteiger partial charge is 0.255 e. The first kappa shape index (κ1) is 13.4. The first-order valence-corrected chi connectivity index (χ1v) is 6.54. The lowest BCUT2D eigenvalue weighted by Crippen LogP contribution is -2.12. The van der Waals surface area contributed by atoms with Gasteiger partial charge in [0.25, 0.3) is 5.91 Å². The van der Waals surface area contributed by atoms with Gasteiger partial charge >= 0.3 is 0 Å². The Morgan fingerprint density at radius 1 is 1.26 bits per heavy atom. The number of nitrogens with zero attached hydrogens (tertiary/aromatic N) is 1. The van der Waals surface area contributed by atoms with Crippen molar-refractivity contribution >= 4 is 39.9 Å². The van der Waals surface area contributed by atoms with Crippen LogP contribution >= 0.6 is 22.6 Å². The molecule has 1 amide bonds. The summed E-state index contributed by atoms with van der Waals surface area (Å²) in [5, 5.41) is 11.7. The molecule has 3 N–H and O–H groups in total. The average molecular weight is 363 g/mol. The van der Waals surface area contributed by atoms with Crippen molar-refractivity contribution in [2.45, 2.75) is 0 Å². The van der Waals surface area contributed by atoms with Crippen molar-refractivity contribution in [2.75, 3.05) is 11.1 Å². The molecule has 2 rings (SSSR count). The van der Waals surface area contributed by atoms with E-state index in [1.54, 1.807) is 12.1 Å². The maximum absolute atomic E-state index is 12.0. The molecule has 0 saturated carbocycles. The Kier molecular flexibility index (Phi) is 4.02. The molecule has 2 aromatic rings. The van der Waals surface area contributed by atoms with Crippen LogP contribution in [0.3, 0.4) is 0 Å². The van der Waals surface area contributed by atoms with Crippen LogP contribution < -0.4 is 11.1 Å². The van der Waals surface area contributed by atoms with Crippen molar-refractivity contribution in [3.8, 4) is 6.07 Å². The van der Waals surface area contributed by atoms with Gasteiger partial charge in [-0.25, -0.2) is 0 Å². The van der Waals surface area contributed by atoms with Crippen LogP contribution in [0, 0.1) is 14.9 Å². The zero-order chi connectivity index (χ0) is 13.8. The molecule has 5 heteroatoms.